The lowest BCUT2D eigenvalue weighted by Crippen LogP contribution is -2.41. The number of benzene rings is 1. The minimum absolute atomic E-state index is 0.0703. The van der Waals surface area contributed by atoms with Gasteiger partial charge in [0.15, 0.2) is 0 Å². The molecule has 0 aliphatic carbocycles. The van der Waals surface area contributed by atoms with Gasteiger partial charge in [0.05, 0.1) is 12.0 Å². The monoisotopic (exact) mass is 300 g/mol. The van der Waals surface area contributed by atoms with E-state index in [1.807, 2.05) is 31.0 Å². The molecule has 2 aliphatic rings. The summed E-state index contributed by atoms with van der Waals surface area (Å²) in [5.41, 5.74) is 2.25. The third kappa shape index (κ3) is 2.74. The van der Waals surface area contributed by atoms with E-state index < -0.39 is 0 Å². The number of carbonyl (C=O) groups is 2. The van der Waals surface area contributed by atoms with Crippen molar-refractivity contribution in [2.45, 2.75) is 38.6 Å². The quantitative estimate of drug-likeness (QED) is 0.842. The number of hydrogen-bond acceptors (Lipinski definition) is 2. The largest absolute Gasteiger partial charge is 0.342 e. The first-order chi connectivity index (χ1) is 10.6. The van der Waals surface area contributed by atoms with Gasteiger partial charge in [-0.1, -0.05) is 29.8 Å². The number of hydrogen-bond donors (Lipinski definition) is 0. The van der Waals surface area contributed by atoms with Crippen LogP contribution < -0.4 is 0 Å². The standard InChI is InChI=1S/C18H24N2O2/c1-13-6-8-14(9-7-13)17-15(12-16(21)19(17)2)18(22)20-10-4-3-5-11-20/h6-9,15,17H,3-5,10-12H2,1-2H3/t15-,17-/m0/s1. The molecule has 2 amide bonds. The second kappa shape index (κ2) is 6.11. The van der Waals surface area contributed by atoms with Crippen LogP contribution in [-0.4, -0.2) is 41.8 Å². The van der Waals surface area contributed by atoms with Crippen LogP contribution in [0.5, 0.6) is 0 Å². The fraction of sp³-hybridized carbons (Fsp3) is 0.556. The smallest absolute Gasteiger partial charge is 0.228 e. The van der Waals surface area contributed by atoms with Crippen LogP contribution in [0, 0.1) is 12.8 Å². The first-order valence-electron chi connectivity index (χ1n) is 8.19. The SMILES string of the molecule is Cc1ccc([C@H]2[C@@H](C(=O)N3CCCCC3)CC(=O)N2C)cc1. The minimum Gasteiger partial charge on any atom is -0.342 e. The molecule has 22 heavy (non-hydrogen) atoms. The Hall–Kier alpha value is -1.84. The summed E-state index contributed by atoms with van der Waals surface area (Å²) in [5.74, 6) is -0.0118. The van der Waals surface area contributed by atoms with Crippen LogP contribution in [0.4, 0.5) is 0 Å². The summed E-state index contributed by atoms with van der Waals surface area (Å²) >= 11 is 0. The molecule has 0 unspecified atom stereocenters. The molecule has 2 heterocycles. The minimum atomic E-state index is -0.238. The number of likely N-dealkylation sites (tertiary alicyclic amines) is 2. The molecule has 4 heteroatoms. The van der Waals surface area contributed by atoms with Crippen molar-refractivity contribution in [2.75, 3.05) is 20.1 Å². The molecule has 0 aromatic heterocycles. The van der Waals surface area contributed by atoms with E-state index in [4.69, 9.17) is 0 Å². The molecule has 0 saturated carbocycles. The second-order valence-electron chi connectivity index (χ2n) is 6.56. The third-order valence-electron chi connectivity index (χ3n) is 4.99. The fourth-order valence-corrected chi connectivity index (χ4v) is 3.66. The van der Waals surface area contributed by atoms with Gasteiger partial charge in [0.2, 0.25) is 11.8 Å². The average molecular weight is 300 g/mol. The Balaban J connectivity index is 1.86. The van der Waals surface area contributed by atoms with E-state index in [0.29, 0.717) is 6.42 Å². The van der Waals surface area contributed by atoms with E-state index >= 15 is 0 Å². The van der Waals surface area contributed by atoms with Crippen LogP contribution in [0.3, 0.4) is 0 Å². The molecule has 3 rings (SSSR count). The van der Waals surface area contributed by atoms with Gasteiger partial charge in [0, 0.05) is 26.6 Å². The Kier molecular flexibility index (Phi) is 4.19. The van der Waals surface area contributed by atoms with E-state index in [1.54, 1.807) is 4.90 Å². The van der Waals surface area contributed by atoms with Crippen molar-refractivity contribution < 1.29 is 9.59 Å². The van der Waals surface area contributed by atoms with Gasteiger partial charge in [-0.15, -0.1) is 0 Å². The molecule has 1 aromatic carbocycles. The Bertz CT molecular complexity index is 561. The van der Waals surface area contributed by atoms with Gasteiger partial charge in [-0.3, -0.25) is 9.59 Å². The lowest BCUT2D eigenvalue weighted by atomic mass is 9.91. The maximum Gasteiger partial charge on any atom is 0.228 e. The van der Waals surface area contributed by atoms with E-state index in [1.165, 1.54) is 12.0 Å². The van der Waals surface area contributed by atoms with Crippen molar-refractivity contribution >= 4 is 11.8 Å². The number of rotatable bonds is 2. The highest BCUT2D eigenvalue weighted by atomic mass is 16.2. The highest BCUT2D eigenvalue weighted by Gasteiger charge is 2.44. The summed E-state index contributed by atoms with van der Waals surface area (Å²) < 4.78 is 0. The number of piperidine rings is 1. The van der Waals surface area contributed by atoms with Crippen molar-refractivity contribution in [3.63, 3.8) is 0 Å². The number of amides is 2. The zero-order chi connectivity index (χ0) is 15.7. The first kappa shape index (κ1) is 15.1. The van der Waals surface area contributed by atoms with Crippen LogP contribution in [0.2, 0.25) is 0 Å². The summed E-state index contributed by atoms with van der Waals surface area (Å²) in [6.07, 6.45) is 3.70. The summed E-state index contributed by atoms with van der Waals surface area (Å²) in [4.78, 5) is 28.8. The number of aryl methyl sites for hydroxylation is 1. The van der Waals surface area contributed by atoms with Crippen LogP contribution in [0.25, 0.3) is 0 Å². The van der Waals surface area contributed by atoms with E-state index in [9.17, 15) is 9.59 Å². The lowest BCUT2D eigenvalue weighted by Gasteiger charge is -2.32. The zero-order valence-corrected chi connectivity index (χ0v) is 13.4. The normalized spacial score (nSPS) is 25.6. The Morgan fingerprint density at radius 1 is 1.09 bits per heavy atom. The highest BCUT2D eigenvalue weighted by molar-refractivity contribution is 5.90. The highest BCUT2D eigenvalue weighted by Crippen LogP contribution is 2.38. The van der Waals surface area contributed by atoms with Crippen LogP contribution in [0.1, 0.15) is 42.9 Å². The molecule has 2 fully saturated rings. The molecular formula is C18H24N2O2. The van der Waals surface area contributed by atoms with Gasteiger partial charge in [-0.05, 0) is 31.7 Å². The summed E-state index contributed by atoms with van der Waals surface area (Å²) in [6, 6.07) is 8.07. The second-order valence-corrected chi connectivity index (χ2v) is 6.56. The van der Waals surface area contributed by atoms with Gasteiger partial charge >= 0.3 is 0 Å². The molecule has 2 aliphatic heterocycles. The number of carbonyl (C=O) groups excluding carboxylic acids is 2. The molecule has 0 spiro atoms. The summed E-state index contributed by atoms with van der Waals surface area (Å²) in [6.45, 7) is 3.73. The van der Waals surface area contributed by atoms with Crippen molar-refractivity contribution in [3.8, 4) is 0 Å². The molecule has 0 N–H and O–H groups in total. The Morgan fingerprint density at radius 3 is 2.36 bits per heavy atom. The van der Waals surface area contributed by atoms with Crippen molar-refractivity contribution in [2.24, 2.45) is 5.92 Å². The summed E-state index contributed by atoms with van der Waals surface area (Å²) in [5, 5.41) is 0. The van der Waals surface area contributed by atoms with E-state index in [-0.39, 0.29) is 23.8 Å². The van der Waals surface area contributed by atoms with E-state index in [2.05, 4.69) is 12.1 Å². The maximum atomic E-state index is 12.9. The van der Waals surface area contributed by atoms with Gasteiger partial charge in [0.25, 0.3) is 0 Å². The molecule has 0 bridgehead atoms. The topological polar surface area (TPSA) is 40.6 Å². The average Bonchev–Trinajstić information content (AvgIpc) is 2.84. The third-order valence-corrected chi connectivity index (χ3v) is 4.99. The molecule has 4 nitrogen and oxygen atoms in total. The van der Waals surface area contributed by atoms with Gasteiger partial charge in [-0.25, -0.2) is 0 Å². The molecular weight excluding hydrogens is 276 g/mol. The van der Waals surface area contributed by atoms with E-state index in [0.717, 1.165) is 31.5 Å². The Morgan fingerprint density at radius 2 is 1.73 bits per heavy atom. The first-order valence-corrected chi connectivity index (χ1v) is 8.19. The summed E-state index contributed by atoms with van der Waals surface area (Å²) in [7, 11) is 1.82. The predicted octanol–water partition coefficient (Wildman–Crippen LogP) is 2.53. The Labute approximate surface area is 132 Å². The van der Waals surface area contributed by atoms with Crippen LogP contribution in [0.15, 0.2) is 24.3 Å². The fourth-order valence-electron chi connectivity index (χ4n) is 3.66. The zero-order valence-electron chi connectivity index (χ0n) is 13.4. The molecule has 118 valence electrons. The van der Waals surface area contributed by atoms with Gasteiger partial charge in [0.1, 0.15) is 0 Å². The van der Waals surface area contributed by atoms with Gasteiger partial charge in [-0.2, -0.15) is 0 Å². The van der Waals surface area contributed by atoms with Crippen LogP contribution >= 0.6 is 0 Å². The molecule has 2 atom stereocenters. The molecule has 1 aromatic rings. The number of nitrogens with zero attached hydrogens (tertiary/aromatic N) is 2. The van der Waals surface area contributed by atoms with Gasteiger partial charge < -0.3 is 9.80 Å². The van der Waals surface area contributed by atoms with Crippen molar-refractivity contribution in [1.82, 2.24) is 9.80 Å². The van der Waals surface area contributed by atoms with Crippen molar-refractivity contribution in [3.05, 3.63) is 35.4 Å². The maximum absolute atomic E-state index is 12.9. The predicted molar refractivity (Wildman–Crippen MR) is 85.2 cm³/mol. The van der Waals surface area contributed by atoms with Crippen molar-refractivity contribution in [1.29, 1.82) is 0 Å². The molecule has 2 saturated heterocycles. The lowest BCUT2D eigenvalue weighted by molar-refractivity contribution is -0.137. The molecule has 0 radical (unpaired) electrons. The van der Waals surface area contributed by atoms with Crippen LogP contribution in [-0.2, 0) is 9.59 Å².